The lowest BCUT2D eigenvalue weighted by Gasteiger charge is -2.15. The molecule has 2 rings (SSSR count). The maximum Gasteiger partial charge on any atom is 0.273 e. The molecule has 0 spiro atoms. The number of nitrogens with zero attached hydrogens (tertiary/aromatic N) is 2. The number of anilines is 1. The Morgan fingerprint density at radius 2 is 1.88 bits per heavy atom. The average molecular weight is 327 g/mol. The molecule has 6 nitrogen and oxygen atoms in total. The summed E-state index contributed by atoms with van der Waals surface area (Å²) in [5.41, 5.74) is 4.62. The summed E-state index contributed by atoms with van der Waals surface area (Å²) >= 11 is 0. The van der Waals surface area contributed by atoms with E-state index in [9.17, 15) is 4.79 Å². The predicted octanol–water partition coefficient (Wildman–Crippen LogP) is 2.53. The maximum absolute atomic E-state index is 12.3. The summed E-state index contributed by atoms with van der Waals surface area (Å²) in [5, 5.41) is 4.02. The molecule has 0 heterocycles. The van der Waals surface area contributed by atoms with Crippen LogP contribution in [0.1, 0.15) is 15.9 Å². The lowest BCUT2D eigenvalue weighted by Crippen LogP contribution is -2.21. The fraction of sp³-hybridized carbons (Fsp3) is 0.222. The van der Waals surface area contributed by atoms with E-state index in [4.69, 9.17) is 9.47 Å². The number of rotatable bonds is 6. The van der Waals surface area contributed by atoms with Gasteiger partial charge in [-0.25, -0.2) is 5.43 Å². The van der Waals surface area contributed by atoms with Crippen molar-refractivity contribution in [3.05, 3.63) is 53.6 Å². The molecule has 0 aliphatic rings. The molecule has 0 atom stereocenters. The maximum atomic E-state index is 12.3. The summed E-state index contributed by atoms with van der Waals surface area (Å²) in [6.45, 7) is 0. The fourth-order valence-corrected chi connectivity index (χ4v) is 2.22. The highest BCUT2D eigenvalue weighted by atomic mass is 16.5. The van der Waals surface area contributed by atoms with Gasteiger partial charge in [0.2, 0.25) is 0 Å². The summed E-state index contributed by atoms with van der Waals surface area (Å²) < 4.78 is 10.5. The molecule has 1 amide bonds. The minimum Gasteiger partial charge on any atom is -0.497 e. The van der Waals surface area contributed by atoms with Gasteiger partial charge >= 0.3 is 0 Å². The van der Waals surface area contributed by atoms with Gasteiger partial charge in [-0.3, -0.25) is 4.79 Å². The van der Waals surface area contributed by atoms with Crippen molar-refractivity contribution in [2.45, 2.75) is 0 Å². The van der Waals surface area contributed by atoms with Crippen LogP contribution in [0.25, 0.3) is 0 Å². The van der Waals surface area contributed by atoms with Gasteiger partial charge in [0, 0.05) is 25.3 Å². The molecular formula is C18H21N3O3. The van der Waals surface area contributed by atoms with Crippen LogP contribution in [-0.4, -0.2) is 40.4 Å². The summed E-state index contributed by atoms with van der Waals surface area (Å²) in [5.74, 6) is 1.04. The van der Waals surface area contributed by atoms with Crippen molar-refractivity contribution in [2.24, 2.45) is 5.10 Å². The van der Waals surface area contributed by atoms with Crippen LogP contribution < -0.4 is 19.8 Å². The molecule has 0 unspecified atom stereocenters. The number of amides is 1. The number of hydrogen-bond acceptors (Lipinski definition) is 5. The number of ether oxygens (including phenoxy) is 2. The van der Waals surface area contributed by atoms with E-state index < -0.39 is 0 Å². The lowest BCUT2D eigenvalue weighted by molar-refractivity contribution is 0.0955. The minimum absolute atomic E-state index is 0.280. The summed E-state index contributed by atoms with van der Waals surface area (Å²) in [4.78, 5) is 14.2. The minimum atomic E-state index is -0.280. The molecule has 0 radical (unpaired) electrons. The SMILES string of the molecule is COc1ccc(OC)c(C=NNC(=O)c2ccccc2N(C)C)c1. The number of carbonyl (C=O) groups excluding carboxylic acids is 1. The van der Waals surface area contributed by atoms with E-state index in [2.05, 4.69) is 10.5 Å². The molecule has 0 saturated carbocycles. The number of methoxy groups -OCH3 is 2. The third-order valence-corrected chi connectivity index (χ3v) is 3.44. The molecule has 126 valence electrons. The average Bonchev–Trinajstić information content (AvgIpc) is 2.61. The molecule has 2 aromatic carbocycles. The van der Waals surface area contributed by atoms with Crippen LogP contribution >= 0.6 is 0 Å². The van der Waals surface area contributed by atoms with Gasteiger partial charge in [-0.15, -0.1) is 0 Å². The molecule has 0 bridgehead atoms. The first kappa shape index (κ1) is 17.3. The highest BCUT2D eigenvalue weighted by Gasteiger charge is 2.11. The Balaban J connectivity index is 2.16. The molecule has 0 aliphatic heterocycles. The third-order valence-electron chi connectivity index (χ3n) is 3.44. The Bertz CT molecular complexity index is 742. The number of para-hydroxylation sites is 1. The van der Waals surface area contributed by atoms with Crippen molar-refractivity contribution in [3.63, 3.8) is 0 Å². The Hall–Kier alpha value is -3.02. The predicted molar refractivity (Wildman–Crippen MR) is 95.4 cm³/mol. The van der Waals surface area contributed by atoms with Crippen LogP contribution in [0, 0.1) is 0 Å². The van der Waals surface area contributed by atoms with E-state index in [0.29, 0.717) is 22.6 Å². The molecule has 0 saturated heterocycles. The van der Waals surface area contributed by atoms with Crippen LogP contribution in [0.4, 0.5) is 5.69 Å². The van der Waals surface area contributed by atoms with E-state index in [1.807, 2.05) is 37.2 Å². The number of hydrazone groups is 1. The monoisotopic (exact) mass is 327 g/mol. The summed E-state index contributed by atoms with van der Waals surface area (Å²) in [6, 6.07) is 12.7. The Morgan fingerprint density at radius 3 is 2.54 bits per heavy atom. The second kappa shape index (κ2) is 8.01. The zero-order valence-corrected chi connectivity index (χ0v) is 14.2. The van der Waals surface area contributed by atoms with E-state index in [0.717, 1.165) is 5.69 Å². The van der Waals surface area contributed by atoms with Gasteiger partial charge in [-0.2, -0.15) is 5.10 Å². The van der Waals surface area contributed by atoms with E-state index in [1.165, 1.54) is 6.21 Å². The van der Waals surface area contributed by atoms with Gasteiger partial charge < -0.3 is 14.4 Å². The van der Waals surface area contributed by atoms with Gasteiger partial charge in [0.05, 0.1) is 26.0 Å². The highest BCUT2D eigenvalue weighted by Crippen LogP contribution is 2.22. The van der Waals surface area contributed by atoms with Crippen LogP contribution in [0.15, 0.2) is 47.6 Å². The van der Waals surface area contributed by atoms with Crippen LogP contribution in [0.5, 0.6) is 11.5 Å². The number of benzene rings is 2. The first-order chi connectivity index (χ1) is 11.6. The topological polar surface area (TPSA) is 63.2 Å². The first-order valence-electron chi connectivity index (χ1n) is 7.38. The van der Waals surface area contributed by atoms with E-state index in [-0.39, 0.29) is 5.91 Å². The van der Waals surface area contributed by atoms with Gasteiger partial charge in [0.1, 0.15) is 11.5 Å². The molecular weight excluding hydrogens is 306 g/mol. The smallest absolute Gasteiger partial charge is 0.273 e. The van der Waals surface area contributed by atoms with Gasteiger partial charge in [0.15, 0.2) is 0 Å². The number of carbonyl (C=O) groups is 1. The van der Waals surface area contributed by atoms with Crippen molar-refractivity contribution in [1.82, 2.24) is 5.43 Å². The Labute approximate surface area is 141 Å². The molecule has 2 aromatic rings. The van der Waals surface area contributed by atoms with Crippen molar-refractivity contribution in [1.29, 1.82) is 0 Å². The van der Waals surface area contributed by atoms with Crippen LogP contribution in [0.2, 0.25) is 0 Å². The Kier molecular flexibility index (Phi) is 5.78. The molecule has 24 heavy (non-hydrogen) atoms. The van der Waals surface area contributed by atoms with Crippen molar-refractivity contribution in [3.8, 4) is 11.5 Å². The molecule has 0 fully saturated rings. The molecule has 0 aromatic heterocycles. The third kappa shape index (κ3) is 4.04. The molecule has 0 aliphatic carbocycles. The van der Waals surface area contributed by atoms with Crippen molar-refractivity contribution < 1.29 is 14.3 Å². The quantitative estimate of drug-likeness (QED) is 0.654. The fourth-order valence-electron chi connectivity index (χ4n) is 2.22. The van der Waals surface area contributed by atoms with Gasteiger partial charge in [-0.1, -0.05) is 12.1 Å². The number of nitrogens with one attached hydrogen (secondary N) is 1. The molecule has 1 N–H and O–H groups in total. The second-order valence-corrected chi connectivity index (χ2v) is 5.22. The summed E-state index contributed by atoms with van der Waals surface area (Å²) in [6.07, 6.45) is 1.53. The standard InChI is InChI=1S/C18H21N3O3/c1-21(2)16-8-6-5-7-15(16)18(22)20-19-12-13-11-14(23-3)9-10-17(13)24-4/h5-12H,1-4H3,(H,20,22). The lowest BCUT2D eigenvalue weighted by atomic mass is 10.1. The van der Waals surface area contributed by atoms with E-state index >= 15 is 0 Å². The van der Waals surface area contributed by atoms with Gasteiger partial charge in [0.25, 0.3) is 5.91 Å². The summed E-state index contributed by atoms with van der Waals surface area (Å²) in [7, 11) is 6.93. The largest absolute Gasteiger partial charge is 0.497 e. The van der Waals surface area contributed by atoms with Crippen LogP contribution in [0.3, 0.4) is 0 Å². The normalized spacial score (nSPS) is 10.5. The van der Waals surface area contributed by atoms with E-state index in [1.54, 1.807) is 38.5 Å². The van der Waals surface area contributed by atoms with Crippen molar-refractivity contribution in [2.75, 3.05) is 33.2 Å². The van der Waals surface area contributed by atoms with Gasteiger partial charge in [-0.05, 0) is 30.3 Å². The van der Waals surface area contributed by atoms with Crippen molar-refractivity contribution >= 4 is 17.8 Å². The van der Waals surface area contributed by atoms with Crippen LogP contribution in [-0.2, 0) is 0 Å². The Morgan fingerprint density at radius 1 is 1.12 bits per heavy atom. The highest BCUT2D eigenvalue weighted by molar-refractivity contribution is 6.00. The molecule has 6 heteroatoms. The zero-order chi connectivity index (χ0) is 17.5. The first-order valence-corrected chi connectivity index (χ1v) is 7.38. The second-order valence-electron chi connectivity index (χ2n) is 5.22. The zero-order valence-electron chi connectivity index (χ0n) is 14.2. The number of hydrogen-bond donors (Lipinski definition) is 1.